The Labute approximate surface area is 140 Å². The molecule has 134 valence electrons. The number of alkyl halides is 6. The van der Waals surface area contributed by atoms with Gasteiger partial charge < -0.3 is 10.7 Å². The summed E-state index contributed by atoms with van der Waals surface area (Å²) in [5.74, 6) is -0.612. The van der Waals surface area contributed by atoms with Gasteiger partial charge >= 0.3 is 12.4 Å². The highest BCUT2D eigenvalue weighted by molar-refractivity contribution is 5.82. The summed E-state index contributed by atoms with van der Waals surface area (Å²) in [5.41, 5.74) is -2.36. The minimum Gasteiger partial charge on any atom is -0.384 e. The topological polar surface area (TPSA) is 106 Å². The van der Waals surface area contributed by atoms with Gasteiger partial charge in [0.15, 0.2) is 0 Å². The lowest BCUT2D eigenvalue weighted by Gasteiger charge is -2.17. The van der Waals surface area contributed by atoms with Gasteiger partial charge in [0.25, 0.3) is 5.56 Å². The van der Waals surface area contributed by atoms with Crippen LogP contribution in [0.3, 0.4) is 0 Å². The summed E-state index contributed by atoms with van der Waals surface area (Å²) in [6.07, 6.45) is -10.3. The second-order valence-corrected chi connectivity index (χ2v) is 4.97. The number of rotatable bonds is 1. The molecule has 0 aliphatic heterocycles. The van der Waals surface area contributed by atoms with E-state index in [2.05, 4.69) is 0 Å². The lowest BCUT2D eigenvalue weighted by atomic mass is 9.91. The van der Waals surface area contributed by atoms with Crippen LogP contribution >= 0.6 is 0 Å². The van der Waals surface area contributed by atoms with Crippen LogP contribution in [0.5, 0.6) is 0 Å². The van der Waals surface area contributed by atoms with Gasteiger partial charge in [0.05, 0.1) is 11.1 Å². The van der Waals surface area contributed by atoms with Gasteiger partial charge in [-0.3, -0.25) is 4.79 Å². The molecule has 1 aromatic heterocycles. The fraction of sp³-hybridized carbons (Fsp3) is 0.133. The van der Waals surface area contributed by atoms with Crippen molar-refractivity contribution >= 4 is 5.82 Å². The van der Waals surface area contributed by atoms with Crippen LogP contribution in [0.15, 0.2) is 23.0 Å². The van der Waals surface area contributed by atoms with Crippen molar-refractivity contribution in [1.29, 1.82) is 10.5 Å². The number of halogens is 6. The molecule has 11 heteroatoms. The largest absolute Gasteiger partial charge is 0.417 e. The Hall–Kier alpha value is -3.47. The zero-order valence-electron chi connectivity index (χ0n) is 12.4. The number of benzene rings is 1. The predicted octanol–water partition coefficient (Wildman–Crippen LogP) is 3.41. The van der Waals surface area contributed by atoms with Crippen molar-refractivity contribution in [1.82, 2.24) is 4.98 Å². The van der Waals surface area contributed by atoms with Crippen LogP contribution in [0, 0.1) is 22.7 Å². The van der Waals surface area contributed by atoms with Crippen molar-refractivity contribution in [3.8, 4) is 23.3 Å². The third-order valence-electron chi connectivity index (χ3n) is 3.39. The summed E-state index contributed by atoms with van der Waals surface area (Å²) < 4.78 is 78.3. The van der Waals surface area contributed by atoms with Crippen molar-refractivity contribution < 1.29 is 26.3 Å². The lowest BCUT2D eigenvalue weighted by molar-refractivity contribution is -0.142. The van der Waals surface area contributed by atoms with Crippen LogP contribution in [0.25, 0.3) is 11.1 Å². The number of hydrogen-bond acceptors (Lipinski definition) is 4. The Morgan fingerprint density at radius 2 is 1.54 bits per heavy atom. The summed E-state index contributed by atoms with van der Waals surface area (Å²) in [6, 6.07) is 3.44. The predicted molar refractivity (Wildman–Crippen MR) is 76.3 cm³/mol. The highest BCUT2D eigenvalue weighted by Gasteiger charge is 2.39. The van der Waals surface area contributed by atoms with E-state index in [1.54, 1.807) is 0 Å². The van der Waals surface area contributed by atoms with Crippen molar-refractivity contribution in [2.45, 2.75) is 12.4 Å². The van der Waals surface area contributed by atoms with Gasteiger partial charge in [0.2, 0.25) is 0 Å². The zero-order valence-corrected chi connectivity index (χ0v) is 12.4. The molecule has 0 saturated carbocycles. The maximum absolute atomic E-state index is 13.3. The van der Waals surface area contributed by atoms with E-state index >= 15 is 0 Å². The molecule has 5 nitrogen and oxygen atoms in total. The zero-order chi connectivity index (χ0) is 19.9. The van der Waals surface area contributed by atoms with Crippen LogP contribution in [0.1, 0.15) is 22.3 Å². The van der Waals surface area contributed by atoms with Gasteiger partial charge in [0, 0.05) is 5.56 Å². The molecule has 0 spiro atoms. The highest BCUT2D eigenvalue weighted by Crippen LogP contribution is 2.42. The first-order valence-corrected chi connectivity index (χ1v) is 6.56. The van der Waals surface area contributed by atoms with Crippen molar-refractivity contribution in [3.63, 3.8) is 0 Å². The SMILES string of the molecule is N#Cc1c(N)[nH]c(=O)c(C#N)c1-c1ccc(C(F)(F)F)cc1C(F)(F)F. The first kappa shape index (κ1) is 18.9. The molecular weight excluding hydrogens is 366 g/mol. The molecule has 0 bridgehead atoms. The molecule has 0 saturated heterocycles. The molecular formula is C15H6F6N4O. The van der Waals surface area contributed by atoms with Gasteiger partial charge in [0.1, 0.15) is 29.1 Å². The third-order valence-corrected chi connectivity index (χ3v) is 3.39. The van der Waals surface area contributed by atoms with Crippen LogP contribution in [0.2, 0.25) is 0 Å². The molecule has 2 aromatic rings. The van der Waals surface area contributed by atoms with Gasteiger partial charge in [-0.2, -0.15) is 36.9 Å². The smallest absolute Gasteiger partial charge is 0.384 e. The number of nitriles is 2. The van der Waals surface area contributed by atoms with E-state index in [1.807, 2.05) is 4.98 Å². The number of aromatic nitrogens is 1. The quantitative estimate of drug-likeness (QED) is 0.748. The molecule has 0 aliphatic carbocycles. The number of H-pyrrole nitrogens is 1. The molecule has 1 aromatic carbocycles. The van der Waals surface area contributed by atoms with E-state index in [1.165, 1.54) is 12.1 Å². The number of pyridine rings is 1. The molecule has 0 unspecified atom stereocenters. The van der Waals surface area contributed by atoms with E-state index < -0.39 is 57.1 Å². The van der Waals surface area contributed by atoms with Crippen molar-refractivity contribution in [2.24, 2.45) is 0 Å². The van der Waals surface area contributed by atoms with E-state index in [-0.39, 0.29) is 6.07 Å². The van der Waals surface area contributed by atoms with Crippen LogP contribution in [-0.2, 0) is 12.4 Å². The second-order valence-electron chi connectivity index (χ2n) is 4.97. The minimum absolute atomic E-state index is 0.158. The molecule has 3 N–H and O–H groups in total. The fourth-order valence-electron chi connectivity index (χ4n) is 2.29. The average molecular weight is 372 g/mol. The monoisotopic (exact) mass is 372 g/mol. The van der Waals surface area contributed by atoms with Gasteiger partial charge in [-0.1, -0.05) is 6.07 Å². The van der Waals surface area contributed by atoms with E-state index in [0.717, 1.165) is 0 Å². The standard InChI is InChI=1S/C15H6F6N4O/c16-14(17,18)6-1-2-7(10(3-6)15(19,20)21)11-8(4-22)12(24)25-13(26)9(11)5-23/h1-3H,(H3,24,25,26). The minimum atomic E-state index is -5.26. The van der Waals surface area contributed by atoms with Crippen LogP contribution in [0.4, 0.5) is 32.2 Å². The summed E-state index contributed by atoms with van der Waals surface area (Å²) in [4.78, 5) is 13.7. The average Bonchev–Trinajstić information content (AvgIpc) is 2.52. The summed E-state index contributed by atoms with van der Waals surface area (Å²) in [6.45, 7) is 0. The first-order valence-electron chi connectivity index (χ1n) is 6.56. The number of nitrogens with one attached hydrogen (secondary N) is 1. The van der Waals surface area contributed by atoms with E-state index in [0.29, 0.717) is 12.1 Å². The number of hydrogen-bond donors (Lipinski definition) is 2. The lowest BCUT2D eigenvalue weighted by Crippen LogP contribution is -2.18. The van der Waals surface area contributed by atoms with Crippen LogP contribution < -0.4 is 11.3 Å². The summed E-state index contributed by atoms with van der Waals surface area (Å²) >= 11 is 0. The Morgan fingerprint density at radius 3 is 2.00 bits per heavy atom. The maximum atomic E-state index is 13.3. The molecule has 0 atom stereocenters. The first-order chi connectivity index (χ1) is 11.9. The molecule has 1 heterocycles. The third kappa shape index (κ3) is 3.19. The Kier molecular flexibility index (Phi) is 4.43. The molecule has 0 amide bonds. The normalized spacial score (nSPS) is 11.7. The summed E-state index contributed by atoms with van der Waals surface area (Å²) in [7, 11) is 0. The number of nitrogens with two attached hydrogens (primary N) is 1. The number of nitrogen functional groups attached to an aromatic ring is 1. The van der Waals surface area contributed by atoms with Crippen molar-refractivity contribution in [3.05, 3.63) is 50.8 Å². The van der Waals surface area contributed by atoms with Gasteiger partial charge in [-0.05, 0) is 17.7 Å². The number of aromatic amines is 1. The highest BCUT2D eigenvalue weighted by atomic mass is 19.4. The number of anilines is 1. The molecule has 0 aliphatic rings. The van der Waals surface area contributed by atoms with Gasteiger partial charge in [-0.15, -0.1) is 0 Å². The van der Waals surface area contributed by atoms with E-state index in [9.17, 15) is 31.1 Å². The maximum Gasteiger partial charge on any atom is 0.417 e. The van der Waals surface area contributed by atoms with Crippen molar-refractivity contribution in [2.75, 3.05) is 5.73 Å². The Morgan fingerprint density at radius 1 is 0.962 bits per heavy atom. The molecule has 0 radical (unpaired) electrons. The number of nitrogens with zero attached hydrogens (tertiary/aromatic N) is 2. The molecule has 2 rings (SSSR count). The molecule has 26 heavy (non-hydrogen) atoms. The Balaban J connectivity index is 3.02. The van der Waals surface area contributed by atoms with E-state index in [4.69, 9.17) is 16.3 Å². The molecule has 0 fully saturated rings. The Bertz CT molecular complexity index is 1020. The fourth-order valence-corrected chi connectivity index (χ4v) is 2.29. The van der Waals surface area contributed by atoms with Crippen LogP contribution in [-0.4, -0.2) is 4.98 Å². The van der Waals surface area contributed by atoms with Gasteiger partial charge in [-0.25, -0.2) is 0 Å². The second kappa shape index (κ2) is 6.11. The summed E-state index contributed by atoms with van der Waals surface area (Å²) in [5, 5.41) is 18.2.